The van der Waals surface area contributed by atoms with E-state index in [-0.39, 0.29) is 0 Å². The Hall–Kier alpha value is 0.600. The highest BCUT2D eigenvalue weighted by Gasteiger charge is 1.80. The van der Waals surface area contributed by atoms with Crippen molar-refractivity contribution >= 4 is 23.5 Å². The predicted octanol–water partition coefficient (Wildman–Crippen LogP) is 1.48. The molecule has 0 aliphatic heterocycles. The molecule has 1 nitrogen and oxygen atoms in total. The van der Waals surface area contributed by atoms with Gasteiger partial charge in [-0.1, -0.05) is 11.9 Å². The van der Waals surface area contributed by atoms with Crippen molar-refractivity contribution in [3.8, 4) is 0 Å². The Morgan fingerprint density at radius 2 is 2.43 bits per heavy atom. The van der Waals surface area contributed by atoms with Gasteiger partial charge in [-0.25, -0.2) is 0 Å². The topological polar surface area (TPSA) is 12.0 Å². The smallest absolute Gasteiger partial charge is 0.0231 e. The van der Waals surface area contributed by atoms with Gasteiger partial charge in [0, 0.05) is 11.6 Å². The fraction of sp³-hybridized carbons (Fsp3) is 1.00. The van der Waals surface area contributed by atoms with Crippen molar-refractivity contribution in [3.63, 3.8) is 0 Å². The van der Waals surface area contributed by atoms with Crippen LogP contribution in [0.1, 0.15) is 6.42 Å². The molecule has 0 aromatic rings. The highest BCUT2D eigenvalue weighted by molar-refractivity contribution is 7.97. The molecule has 0 aromatic heterocycles. The molecule has 0 unspecified atom stereocenters. The molecule has 0 aliphatic carbocycles. The van der Waals surface area contributed by atoms with Gasteiger partial charge in [0.2, 0.25) is 0 Å². The Labute approximate surface area is 53.9 Å². The zero-order valence-electron chi connectivity index (χ0n) is 4.41. The van der Waals surface area contributed by atoms with E-state index in [4.69, 9.17) is 11.6 Å². The molecule has 7 heavy (non-hydrogen) atoms. The average Bonchev–Trinajstić information content (AvgIpc) is 1.69. The van der Waals surface area contributed by atoms with Crippen LogP contribution in [0.15, 0.2) is 0 Å². The van der Waals surface area contributed by atoms with Crippen LogP contribution in [0, 0.1) is 0 Å². The van der Waals surface area contributed by atoms with Crippen LogP contribution in [0.25, 0.3) is 0 Å². The Morgan fingerprint density at radius 1 is 1.71 bits per heavy atom. The SMILES string of the molecule is CNSCCCCl. The van der Waals surface area contributed by atoms with Crippen molar-refractivity contribution in [1.82, 2.24) is 4.72 Å². The minimum Gasteiger partial charge on any atom is -0.267 e. The van der Waals surface area contributed by atoms with E-state index >= 15 is 0 Å². The first-order chi connectivity index (χ1) is 3.41. The third kappa shape index (κ3) is 6.60. The summed E-state index contributed by atoms with van der Waals surface area (Å²) in [6.07, 6.45) is 1.09. The highest BCUT2D eigenvalue weighted by Crippen LogP contribution is 1.94. The predicted molar refractivity (Wildman–Crippen MR) is 36.9 cm³/mol. The van der Waals surface area contributed by atoms with Gasteiger partial charge in [-0.3, -0.25) is 4.72 Å². The van der Waals surface area contributed by atoms with Gasteiger partial charge >= 0.3 is 0 Å². The second kappa shape index (κ2) is 6.60. The normalized spacial score (nSPS) is 9.43. The van der Waals surface area contributed by atoms with Gasteiger partial charge in [0.25, 0.3) is 0 Å². The van der Waals surface area contributed by atoms with Crippen molar-refractivity contribution in [3.05, 3.63) is 0 Å². The summed E-state index contributed by atoms with van der Waals surface area (Å²) in [6, 6.07) is 0. The van der Waals surface area contributed by atoms with E-state index in [2.05, 4.69) is 4.72 Å². The van der Waals surface area contributed by atoms with E-state index in [1.165, 1.54) is 0 Å². The van der Waals surface area contributed by atoms with Crippen LogP contribution in [0.5, 0.6) is 0 Å². The number of alkyl halides is 1. The maximum atomic E-state index is 5.40. The third-order valence-corrected chi connectivity index (χ3v) is 1.57. The Morgan fingerprint density at radius 3 is 2.86 bits per heavy atom. The van der Waals surface area contributed by atoms with Crippen molar-refractivity contribution in [2.24, 2.45) is 0 Å². The molecule has 0 aromatic carbocycles. The second-order valence-electron chi connectivity index (χ2n) is 1.10. The van der Waals surface area contributed by atoms with Gasteiger partial charge in [-0.05, 0) is 13.5 Å². The monoisotopic (exact) mass is 139 g/mol. The van der Waals surface area contributed by atoms with Gasteiger partial charge in [0.05, 0.1) is 0 Å². The molecule has 44 valence electrons. The lowest BCUT2D eigenvalue weighted by Gasteiger charge is -1.91. The van der Waals surface area contributed by atoms with Crippen LogP contribution in [0.4, 0.5) is 0 Å². The van der Waals surface area contributed by atoms with Crippen LogP contribution in [0.2, 0.25) is 0 Å². The molecular formula is C4H10ClNS. The Balaban J connectivity index is 2.45. The molecular weight excluding hydrogens is 130 g/mol. The molecule has 0 rings (SSSR count). The maximum absolute atomic E-state index is 5.40. The first kappa shape index (κ1) is 7.60. The van der Waals surface area contributed by atoms with Crippen LogP contribution >= 0.6 is 23.5 Å². The van der Waals surface area contributed by atoms with Gasteiger partial charge in [0.15, 0.2) is 0 Å². The minimum absolute atomic E-state index is 0.773. The molecule has 0 heterocycles. The van der Waals surface area contributed by atoms with E-state index in [1.54, 1.807) is 11.9 Å². The largest absolute Gasteiger partial charge is 0.267 e. The van der Waals surface area contributed by atoms with Crippen LogP contribution in [-0.4, -0.2) is 18.7 Å². The number of halogens is 1. The van der Waals surface area contributed by atoms with E-state index in [1.807, 2.05) is 7.05 Å². The summed E-state index contributed by atoms with van der Waals surface area (Å²) < 4.78 is 2.96. The second-order valence-corrected chi connectivity index (χ2v) is 2.58. The van der Waals surface area contributed by atoms with Crippen molar-refractivity contribution in [2.45, 2.75) is 6.42 Å². The first-order valence-corrected chi connectivity index (χ1v) is 3.78. The molecule has 0 bridgehead atoms. The van der Waals surface area contributed by atoms with E-state index < -0.39 is 0 Å². The summed E-state index contributed by atoms with van der Waals surface area (Å²) in [6.45, 7) is 0. The van der Waals surface area contributed by atoms with Gasteiger partial charge in [0.1, 0.15) is 0 Å². The van der Waals surface area contributed by atoms with Gasteiger partial charge in [-0.2, -0.15) is 0 Å². The summed E-state index contributed by atoms with van der Waals surface area (Å²) >= 11 is 7.09. The molecule has 0 radical (unpaired) electrons. The molecule has 0 aliphatic rings. The first-order valence-electron chi connectivity index (χ1n) is 2.26. The van der Waals surface area contributed by atoms with Crippen LogP contribution in [-0.2, 0) is 0 Å². The molecule has 3 heteroatoms. The zero-order valence-corrected chi connectivity index (χ0v) is 5.98. The van der Waals surface area contributed by atoms with Gasteiger partial charge in [-0.15, -0.1) is 11.6 Å². The summed E-state index contributed by atoms with van der Waals surface area (Å²) in [4.78, 5) is 0. The van der Waals surface area contributed by atoms with Crippen molar-refractivity contribution in [2.75, 3.05) is 18.7 Å². The highest BCUT2D eigenvalue weighted by atomic mass is 35.5. The number of hydrogen-bond donors (Lipinski definition) is 1. The Bertz CT molecular complexity index is 30.9. The standard InChI is InChI=1S/C4H10ClNS/c1-6-7-4-2-3-5/h6H,2-4H2,1H3. The van der Waals surface area contributed by atoms with E-state index in [9.17, 15) is 0 Å². The zero-order chi connectivity index (χ0) is 5.54. The van der Waals surface area contributed by atoms with Crippen molar-refractivity contribution in [1.29, 1.82) is 0 Å². The third-order valence-electron chi connectivity index (χ3n) is 0.524. The Kier molecular flexibility index (Phi) is 7.17. The molecule has 0 fully saturated rings. The van der Waals surface area contributed by atoms with Gasteiger partial charge < -0.3 is 0 Å². The van der Waals surface area contributed by atoms with E-state index in [0.717, 1.165) is 18.1 Å². The molecule has 0 atom stereocenters. The fourth-order valence-corrected chi connectivity index (χ4v) is 1.01. The summed E-state index contributed by atoms with van der Waals surface area (Å²) in [5, 5.41) is 0. The number of rotatable bonds is 4. The molecule has 0 saturated heterocycles. The summed E-state index contributed by atoms with van der Waals surface area (Å²) in [7, 11) is 1.92. The molecule has 1 N–H and O–H groups in total. The summed E-state index contributed by atoms with van der Waals surface area (Å²) in [5.74, 6) is 1.88. The quantitative estimate of drug-likeness (QED) is 0.360. The lowest BCUT2D eigenvalue weighted by Crippen LogP contribution is -1.93. The van der Waals surface area contributed by atoms with Crippen molar-refractivity contribution < 1.29 is 0 Å². The average molecular weight is 140 g/mol. The molecule has 0 amide bonds. The van der Waals surface area contributed by atoms with Crippen LogP contribution < -0.4 is 4.72 Å². The lowest BCUT2D eigenvalue weighted by atomic mass is 10.6. The molecule has 0 saturated carbocycles. The molecule has 0 spiro atoms. The summed E-state index contributed by atoms with van der Waals surface area (Å²) in [5.41, 5.74) is 0. The number of hydrogen-bond acceptors (Lipinski definition) is 2. The lowest BCUT2D eigenvalue weighted by molar-refractivity contribution is 1.10. The van der Waals surface area contributed by atoms with Crippen LogP contribution in [0.3, 0.4) is 0 Å². The minimum atomic E-state index is 0.773. The maximum Gasteiger partial charge on any atom is 0.0231 e. The number of nitrogens with one attached hydrogen (secondary N) is 1. The fourth-order valence-electron chi connectivity index (χ4n) is 0.229. The van der Waals surface area contributed by atoms with E-state index in [0.29, 0.717) is 0 Å².